The fourth-order valence-corrected chi connectivity index (χ4v) is 17.1. The molecule has 23 nitrogen and oxygen atoms in total. The largest absolute Gasteiger partial charge is 0.508 e. The lowest BCUT2D eigenvalue weighted by Gasteiger charge is -2.19. The van der Waals surface area contributed by atoms with Gasteiger partial charge in [0.15, 0.2) is 80.6 Å². The maximum atomic E-state index is 12.2. The van der Waals surface area contributed by atoms with E-state index in [1.807, 2.05) is 66.7 Å². The Bertz CT molecular complexity index is 7240. The molecule has 22 rings (SSSR count). The summed E-state index contributed by atoms with van der Waals surface area (Å²) in [6, 6.07) is 70.8. The van der Waals surface area contributed by atoms with E-state index in [1.54, 1.807) is 115 Å². The predicted molar refractivity (Wildman–Crippen MR) is 487 cm³/mol. The first-order valence-corrected chi connectivity index (χ1v) is 39.5. The summed E-state index contributed by atoms with van der Waals surface area (Å²) >= 11 is 6.95. The highest BCUT2D eigenvalue weighted by Gasteiger charge is 2.36. The molecule has 1 aliphatic rings. The Kier molecular flexibility index (Phi) is 20.1. The van der Waals surface area contributed by atoms with Crippen LogP contribution in [0.3, 0.4) is 0 Å². The number of hydrogen-bond acceptors (Lipinski definition) is 23. The topological polar surface area (TPSA) is 459 Å². The van der Waals surface area contributed by atoms with Gasteiger partial charge in [-0.2, -0.15) is 0 Å². The van der Waals surface area contributed by atoms with E-state index >= 15 is 0 Å². The minimum atomic E-state index is -0.694. The first kappa shape index (κ1) is 80.8. The maximum Gasteiger partial charge on any atom is 0.198 e. The normalized spacial score (nSPS) is 11.7. The Morgan fingerprint density at radius 1 is 0.152 bits per heavy atom. The molecule has 0 atom stereocenters. The van der Waals surface area contributed by atoms with Crippen molar-refractivity contribution in [2.45, 2.75) is 0 Å². The molecule has 21 N–H and O–H groups in total. The van der Waals surface area contributed by atoms with Gasteiger partial charge in [0, 0.05) is 47.7 Å². The lowest BCUT2D eigenvalue weighted by atomic mass is 9.83. The van der Waals surface area contributed by atoms with E-state index in [1.165, 1.54) is 72.8 Å². The van der Waals surface area contributed by atoms with Crippen molar-refractivity contribution in [1.29, 1.82) is 0 Å². The quantitative estimate of drug-likeness (QED) is 0.0290. The van der Waals surface area contributed by atoms with Crippen molar-refractivity contribution >= 4 is 194 Å². The van der Waals surface area contributed by atoms with Crippen LogP contribution in [0.1, 0.15) is 31.8 Å². The second kappa shape index (κ2) is 31.2. The molecule has 0 aliphatic heterocycles. The zero-order chi connectivity index (χ0) is 88.3. The zero-order valence-electron chi connectivity index (χ0n) is 64.3. The third-order valence-corrected chi connectivity index (χ3v) is 24.0. The number of carbonyl (C=O) groups excluding carboxylic acids is 2. The van der Waals surface area contributed by atoms with Crippen LogP contribution < -0.4 is 0 Å². The van der Waals surface area contributed by atoms with Crippen LogP contribution in [0.5, 0.6) is 121 Å². The van der Waals surface area contributed by atoms with Crippen molar-refractivity contribution in [3.05, 3.63) is 292 Å². The van der Waals surface area contributed by atoms with Crippen LogP contribution >= 0.6 is 31.9 Å². The predicted octanol–water partition coefficient (Wildman–Crippen LogP) is 22.4. The van der Waals surface area contributed by atoms with Crippen LogP contribution in [0, 0.1) is 0 Å². The third-order valence-electron chi connectivity index (χ3n) is 22.2. The van der Waals surface area contributed by atoms with Crippen LogP contribution in [0.25, 0.3) is 151 Å². The van der Waals surface area contributed by atoms with Crippen molar-refractivity contribution in [3.8, 4) is 121 Å². The number of carbonyl (C=O) groups is 2. The highest BCUT2D eigenvalue weighted by Crippen LogP contribution is 2.51. The number of rotatable bonds is 0. The Hall–Kier alpha value is -16.6. The minimum absolute atomic E-state index is 0.0734. The molecule has 21 aromatic carbocycles. The monoisotopic (exact) mass is 1790 g/mol. The van der Waals surface area contributed by atoms with Crippen LogP contribution in [0.2, 0.25) is 0 Å². The Balaban J connectivity index is 0.000000106. The lowest BCUT2D eigenvalue weighted by Crippen LogP contribution is -2.21. The van der Waals surface area contributed by atoms with Gasteiger partial charge < -0.3 is 107 Å². The van der Waals surface area contributed by atoms with Crippen molar-refractivity contribution < 1.29 is 117 Å². The standard InChI is InChI=1S/C18H10Br2O4.C18H12O6.C18H12O3.C18H12O2.C14H8O5.C14H10O3/c19-13-1-7-8(2-14(13)20)10-4-16(22)18(24)6-12(10)11-5-17(23)15(21)3-9(7)11;19-13-1-7-8(2-14(13)20)10-4-17(23)18(24)6-12(10)11-5-16(22)15(21)3-9(7)11;19-10-1-4-13-16(7-10)14-5-2-12(21)9-18(14)15-6-3-11(20)8-17(13)15;19-11-5-7-15-16-8-6-12(20)10-18(16)14-4-2-1-3-13(14)17(15)9-11;15-8-5-9(16)14(19)11-10(8)12(17)6-3-1-2-4-7(6)13(11)18;15-12-5-1-3-8-10(12)7-11-9(14(8)17)4-2-6-13(11)16/h1-6,21-24H;1-6,19-24H;1-9,19-21H;1-10,19-20H;1-5,15-16,19H;1-7,15-17H. The minimum Gasteiger partial charge on any atom is -0.508 e. The molecule has 0 saturated heterocycles. The lowest BCUT2D eigenvalue weighted by molar-refractivity contribution is 0.0973. The van der Waals surface area contributed by atoms with Gasteiger partial charge in [0.2, 0.25) is 0 Å². The zero-order valence-corrected chi connectivity index (χ0v) is 67.5. The van der Waals surface area contributed by atoms with Gasteiger partial charge >= 0.3 is 0 Å². The summed E-state index contributed by atoms with van der Waals surface area (Å²) in [6.45, 7) is 0. The summed E-state index contributed by atoms with van der Waals surface area (Å²) in [7, 11) is 0. The molecular formula is C100H64Br2O23. The molecule has 0 saturated carbocycles. The van der Waals surface area contributed by atoms with Crippen molar-refractivity contribution in [3.63, 3.8) is 0 Å². The molecule has 0 bridgehead atoms. The smallest absolute Gasteiger partial charge is 0.198 e. The molecule has 21 aromatic rings. The molecule has 0 amide bonds. The molecule has 0 radical (unpaired) electrons. The Morgan fingerprint density at radius 3 is 0.656 bits per heavy atom. The van der Waals surface area contributed by atoms with Crippen LogP contribution in [-0.4, -0.2) is 119 Å². The number of phenols is 21. The van der Waals surface area contributed by atoms with Crippen LogP contribution in [-0.2, 0) is 0 Å². The van der Waals surface area contributed by atoms with Crippen molar-refractivity contribution in [2.24, 2.45) is 0 Å². The van der Waals surface area contributed by atoms with Gasteiger partial charge in [-0.3, -0.25) is 9.59 Å². The van der Waals surface area contributed by atoms with Crippen molar-refractivity contribution in [2.75, 3.05) is 0 Å². The van der Waals surface area contributed by atoms with E-state index in [0.717, 1.165) is 101 Å². The molecule has 1 aliphatic carbocycles. The van der Waals surface area contributed by atoms with E-state index in [0.29, 0.717) is 64.6 Å². The fourth-order valence-electron chi connectivity index (χ4n) is 16.4. The highest BCUT2D eigenvalue weighted by atomic mass is 79.9. The summed E-state index contributed by atoms with van der Waals surface area (Å²) in [4.78, 5) is 24.5. The molecule has 0 unspecified atom stereocenters. The van der Waals surface area contributed by atoms with Gasteiger partial charge in [-0.1, -0.05) is 103 Å². The number of benzene rings is 21. The molecule has 25 heteroatoms. The van der Waals surface area contributed by atoms with Crippen LogP contribution in [0.4, 0.5) is 0 Å². The molecule has 0 heterocycles. The van der Waals surface area contributed by atoms with Gasteiger partial charge in [-0.15, -0.1) is 0 Å². The molecule has 0 aromatic heterocycles. The second-order valence-corrected chi connectivity index (χ2v) is 31.3. The number of aromatic hydroxyl groups is 21. The van der Waals surface area contributed by atoms with E-state index in [-0.39, 0.29) is 126 Å². The fraction of sp³-hybridized carbons (Fsp3) is 0. The summed E-state index contributed by atoms with van der Waals surface area (Å²) in [6.07, 6.45) is 0. The number of halogens is 2. The third kappa shape index (κ3) is 14.1. The maximum absolute atomic E-state index is 12.2. The number of phenolic OH excluding ortho intramolecular Hbond substituents is 21. The number of ketones is 2. The summed E-state index contributed by atoms with van der Waals surface area (Å²) in [5.74, 6) is -4.61. The van der Waals surface area contributed by atoms with E-state index in [9.17, 15) is 117 Å². The average Bonchev–Trinajstić information content (AvgIpc) is 0.748. The first-order chi connectivity index (χ1) is 59.8. The Labute approximate surface area is 719 Å². The number of fused-ring (bicyclic) bond motifs is 28. The van der Waals surface area contributed by atoms with Gasteiger partial charge in [-0.25, -0.2) is 0 Å². The summed E-state index contributed by atoms with van der Waals surface area (Å²) in [5, 5.41) is 228. The van der Waals surface area contributed by atoms with Crippen molar-refractivity contribution in [1.82, 2.24) is 0 Å². The van der Waals surface area contributed by atoms with E-state index in [2.05, 4.69) is 31.9 Å². The van der Waals surface area contributed by atoms with E-state index in [4.69, 9.17) is 0 Å². The first-order valence-electron chi connectivity index (χ1n) is 37.9. The SMILES string of the molecule is O=C1c2ccccc2C(=O)c2c(O)c(O)cc(O)c21.Oc1cc2c3cc(O)c(O)cc3c3cc(Br)c(Br)cc3c2cc1O.Oc1cc2c3cc(O)c(O)cc3c3cc(O)c(O)cc3c2cc1O.Oc1ccc2c(c1)c1ccc(O)cc1c1ccc(O)cc21.Oc1ccc2c3ccc(O)cc3c3ccccc3c2c1.Oc1cccc2c(O)c3cccc(O)c3cc12. The van der Waals surface area contributed by atoms with Gasteiger partial charge in [-0.05, 0) is 313 Å². The summed E-state index contributed by atoms with van der Waals surface area (Å²) in [5.41, 5.74) is -0.333. The molecule has 0 spiro atoms. The summed E-state index contributed by atoms with van der Waals surface area (Å²) < 4.78 is 1.68. The van der Waals surface area contributed by atoms with Gasteiger partial charge in [0.1, 0.15) is 51.7 Å². The van der Waals surface area contributed by atoms with E-state index < -0.39 is 28.8 Å². The molecule has 0 fully saturated rings. The average molecular weight is 1790 g/mol. The van der Waals surface area contributed by atoms with Crippen LogP contribution in [0.15, 0.2) is 270 Å². The highest BCUT2D eigenvalue weighted by molar-refractivity contribution is 9.13. The second-order valence-electron chi connectivity index (χ2n) is 29.6. The molecular weight excluding hydrogens is 1730 g/mol. The molecule has 125 heavy (non-hydrogen) atoms. The van der Waals surface area contributed by atoms with Gasteiger partial charge in [0.05, 0.1) is 11.1 Å². The Morgan fingerprint density at radius 2 is 0.376 bits per heavy atom. The molecule has 616 valence electrons. The van der Waals surface area contributed by atoms with Gasteiger partial charge in [0.25, 0.3) is 0 Å². The number of hydrogen-bond donors (Lipinski definition) is 21.